The second-order valence-corrected chi connectivity index (χ2v) is 3.84. The van der Waals surface area contributed by atoms with Gasteiger partial charge < -0.3 is 10.2 Å². The van der Waals surface area contributed by atoms with E-state index >= 15 is 0 Å². The highest BCUT2D eigenvalue weighted by atomic mass is 16.6. The van der Waals surface area contributed by atoms with E-state index in [9.17, 15) is 0 Å². The minimum Gasteiger partial charge on any atom is -0.390 e. The molecule has 0 fully saturated rings. The fraction of sp³-hybridized carbons (Fsp3) is 0.417. The minimum atomic E-state index is 0.185. The lowest BCUT2D eigenvalue weighted by Crippen LogP contribution is -2.23. The molecule has 2 rings (SSSR count). The van der Waals surface area contributed by atoms with Crippen molar-refractivity contribution in [3.63, 3.8) is 0 Å². The van der Waals surface area contributed by atoms with Crippen LogP contribution in [0.4, 0.5) is 0 Å². The van der Waals surface area contributed by atoms with Crippen LogP contribution in [0.3, 0.4) is 0 Å². The molecule has 0 saturated carbocycles. The number of nitrogens with zero attached hydrogens (tertiary/aromatic N) is 1. The summed E-state index contributed by atoms with van der Waals surface area (Å²) in [7, 11) is 1.93. The molecule has 15 heavy (non-hydrogen) atoms. The van der Waals surface area contributed by atoms with Gasteiger partial charge in [-0.1, -0.05) is 29.4 Å². The summed E-state index contributed by atoms with van der Waals surface area (Å²) in [5, 5.41) is 7.24. The molecule has 1 heterocycles. The summed E-state index contributed by atoms with van der Waals surface area (Å²) in [6, 6.07) is 8.28. The molecule has 0 saturated heterocycles. The quantitative estimate of drug-likeness (QED) is 0.813. The summed E-state index contributed by atoms with van der Waals surface area (Å²) < 4.78 is 0. The van der Waals surface area contributed by atoms with Crippen LogP contribution in [0.5, 0.6) is 0 Å². The summed E-state index contributed by atoms with van der Waals surface area (Å²) >= 11 is 0. The zero-order valence-electron chi connectivity index (χ0n) is 9.16. The molecule has 0 aliphatic carbocycles. The van der Waals surface area contributed by atoms with E-state index < -0.39 is 0 Å². The predicted octanol–water partition coefficient (Wildman–Crippen LogP) is 1.71. The largest absolute Gasteiger partial charge is 0.390 e. The number of nitrogens with one attached hydrogen (secondary N) is 1. The number of rotatable bonds is 3. The van der Waals surface area contributed by atoms with Crippen LogP contribution in [-0.2, 0) is 4.84 Å². The second kappa shape index (κ2) is 4.45. The Morgan fingerprint density at radius 2 is 2.27 bits per heavy atom. The smallest absolute Gasteiger partial charge is 0.145 e. The Morgan fingerprint density at radius 3 is 3.00 bits per heavy atom. The minimum absolute atomic E-state index is 0.185. The van der Waals surface area contributed by atoms with Crippen LogP contribution in [0.15, 0.2) is 29.4 Å². The summed E-state index contributed by atoms with van der Waals surface area (Å²) in [6.45, 7) is 2.95. The first-order valence-corrected chi connectivity index (χ1v) is 5.24. The van der Waals surface area contributed by atoms with Crippen LogP contribution in [0, 0.1) is 6.92 Å². The van der Waals surface area contributed by atoms with Gasteiger partial charge in [0.15, 0.2) is 0 Å². The van der Waals surface area contributed by atoms with Gasteiger partial charge in [0.25, 0.3) is 0 Å². The number of hydrogen-bond donors (Lipinski definition) is 1. The Labute approximate surface area is 90.1 Å². The molecular formula is C12H16N2O. The third-order valence-corrected chi connectivity index (χ3v) is 2.62. The van der Waals surface area contributed by atoms with Crippen LogP contribution in [0.2, 0.25) is 0 Å². The van der Waals surface area contributed by atoms with Crippen LogP contribution in [0.1, 0.15) is 17.5 Å². The third-order valence-electron chi connectivity index (χ3n) is 2.62. The molecule has 3 heteroatoms. The van der Waals surface area contributed by atoms with Crippen molar-refractivity contribution in [2.75, 3.05) is 13.6 Å². The van der Waals surface area contributed by atoms with Crippen LogP contribution in [0.25, 0.3) is 0 Å². The molecule has 0 amide bonds. The van der Waals surface area contributed by atoms with Gasteiger partial charge in [-0.3, -0.25) is 0 Å². The summed E-state index contributed by atoms with van der Waals surface area (Å²) in [5.74, 6) is 0. The summed E-state index contributed by atoms with van der Waals surface area (Å²) in [4.78, 5) is 5.34. The molecule has 0 bridgehead atoms. The molecule has 0 spiro atoms. The molecule has 1 aliphatic heterocycles. The predicted molar refractivity (Wildman–Crippen MR) is 61.1 cm³/mol. The van der Waals surface area contributed by atoms with E-state index in [0.717, 1.165) is 18.7 Å². The lowest BCUT2D eigenvalue weighted by Gasteiger charge is -2.06. The summed E-state index contributed by atoms with van der Waals surface area (Å²) in [5.41, 5.74) is 3.52. The van der Waals surface area contributed by atoms with E-state index in [1.807, 2.05) is 19.2 Å². The summed E-state index contributed by atoms with van der Waals surface area (Å²) in [6.07, 6.45) is 1.08. The van der Waals surface area contributed by atoms with Crippen molar-refractivity contribution in [2.45, 2.75) is 19.4 Å². The Hall–Kier alpha value is -1.35. The van der Waals surface area contributed by atoms with E-state index in [0.29, 0.717) is 0 Å². The number of likely N-dealkylation sites (N-methyl/N-ethyl adjacent to an activating group) is 1. The highest BCUT2D eigenvalue weighted by molar-refractivity contribution is 6.02. The van der Waals surface area contributed by atoms with Crippen LogP contribution >= 0.6 is 0 Å². The van der Waals surface area contributed by atoms with Crippen LogP contribution in [-0.4, -0.2) is 25.4 Å². The average molecular weight is 204 g/mol. The number of hydrogen-bond acceptors (Lipinski definition) is 3. The van der Waals surface area contributed by atoms with E-state index in [-0.39, 0.29) is 6.10 Å². The molecule has 3 nitrogen and oxygen atoms in total. The Balaban J connectivity index is 2.11. The lowest BCUT2D eigenvalue weighted by atomic mass is 10.0. The maximum Gasteiger partial charge on any atom is 0.145 e. The van der Waals surface area contributed by atoms with Gasteiger partial charge in [0, 0.05) is 18.5 Å². The highest BCUT2D eigenvalue weighted by Gasteiger charge is 2.21. The van der Waals surface area contributed by atoms with E-state index in [4.69, 9.17) is 4.84 Å². The van der Waals surface area contributed by atoms with Crippen molar-refractivity contribution in [3.05, 3.63) is 35.4 Å². The van der Waals surface area contributed by atoms with E-state index in [1.54, 1.807) is 0 Å². The molecule has 1 aliphatic rings. The molecule has 1 N–H and O–H groups in total. The maximum absolute atomic E-state index is 5.34. The Kier molecular flexibility index (Phi) is 3.02. The van der Waals surface area contributed by atoms with Crippen LogP contribution < -0.4 is 5.32 Å². The average Bonchev–Trinajstić information content (AvgIpc) is 2.68. The number of benzene rings is 1. The van der Waals surface area contributed by atoms with Gasteiger partial charge in [-0.05, 0) is 19.5 Å². The van der Waals surface area contributed by atoms with Crippen molar-refractivity contribution in [1.29, 1.82) is 0 Å². The van der Waals surface area contributed by atoms with Crippen molar-refractivity contribution in [2.24, 2.45) is 5.16 Å². The van der Waals surface area contributed by atoms with Gasteiger partial charge in [0.05, 0.1) is 5.71 Å². The van der Waals surface area contributed by atoms with Gasteiger partial charge in [0.1, 0.15) is 6.10 Å². The van der Waals surface area contributed by atoms with Crippen molar-refractivity contribution < 1.29 is 4.84 Å². The molecule has 0 unspecified atom stereocenters. The van der Waals surface area contributed by atoms with Gasteiger partial charge in [-0.2, -0.15) is 0 Å². The fourth-order valence-electron chi connectivity index (χ4n) is 1.82. The first kappa shape index (κ1) is 10.2. The maximum atomic E-state index is 5.34. The number of oxime groups is 1. The SMILES string of the molecule is CNC[C@@H]1CC(c2ccccc2C)=NO1. The zero-order chi connectivity index (χ0) is 10.7. The van der Waals surface area contributed by atoms with Gasteiger partial charge in [-0.25, -0.2) is 0 Å². The Morgan fingerprint density at radius 1 is 1.47 bits per heavy atom. The Bertz CT molecular complexity index is 374. The first-order chi connectivity index (χ1) is 7.31. The molecule has 80 valence electrons. The van der Waals surface area contributed by atoms with Gasteiger partial charge in [0.2, 0.25) is 0 Å². The second-order valence-electron chi connectivity index (χ2n) is 3.84. The third kappa shape index (κ3) is 2.18. The van der Waals surface area contributed by atoms with Crippen molar-refractivity contribution >= 4 is 5.71 Å². The normalized spacial score (nSPS) is 19.9. The molecule has 1 atom stereocenters. The molecular weight excluding hydrogens is 188 g/mol. The van der Waals surface area contributed by atoms with Crippen molar-refractivity contribution in [1.82, 2.24) is 5.32 Å². The molecule has 1 aromatic rings. The van der Waals surface area contributed by atoms with Gasteiger partial charge in [-0.15, -0.1) is 0 Å². The van der Waals surface area contributed by atoms with E-state index in [2.05, 4.69) is 29.5 Å². The topological polar surface area (TPSA) is 33.6 Å². The standard InChI is InChI=1S/C12H16N2O/c1-9-5-3-4-6-11(9)12-7-10(8-13-2)15-14-12/h3-6,10,13H,7-8H2,1-2H3/t10-/m0/s1. The van der Waals surface area contributed by atoms with E-state index in [1.165, 1.54) is 11.1 Å². The molecule has 0 radical (unpaired) electrons. The monoisotopic (exact) mass is 204 g/mol. The zero-order valence-corrected chi connectivity index (χ0v) is 9.16. The lowest BCUT2D eigenvalue weighted by molar-refractivity contribution is 0.0866. The van der Waals surface area contributed by atoms with Crippen molar-refractivity contribution in [3.8, 4) is 0 Å². The first-order valence-electron chi connectivity index (χ1n) is 5.24. The van der Waals surface area contributed by atoms with Gasteiger partial charge >= 0.3 is 0 Å². The number of aryl methyl sites for hydroxylation is 1. The highest BCUT2D eigenvalue weighted by Crippen LogP contribution is 2.18. The fourth-order valence-corrected chi connectivity index (χ4v) is 1.82. The molecule has 1 aromatic carbocycles. The molecule has 0 aromatic heterocycles.